The predicted octanol–water partition coefficient (Wildman–Crippen LogP) is 5.36. The van der Waals surface area contributed by atoms with Gasteiger partial charge in [-0.25, -0.2) is 9.37 Å². The van der Waals surface area contributed by atoms with E-state index in [-0.39, 0.29) is 11.7 Å². The van der Waals surface area contributed by atoms with Crippen LogP contribution in [0.2, 0.25) is 0 Å². The van der Waals surface area contributed by atoms with Crippen LogP contribution in [0.3, 0.4) is 0 Å². The van der Waals surface area contributed by atoms with Crippen LogP contribution in [0.25, 0.3) is 11.3 Å². The summed E-state index contributed by atoms with van der Waals surface area (Å²) in [7, 11) is 0. The van der Waals surface area contributed by atoms with Crippen LogP contribution in [0.1, 0.15) is 24.0 Å². The number of carbonyl (C=O) groups excluding carboxylic acids is 1. The second-order valence-electron chi connectivity index (χ2n) is 6.24. The molecule has 3 aromatic rings. The fraction of sp³-hybridized carbons (Fsp3) is 0.238. The summed E-state index contributed by atoms with van der Waals surface area (Å²) in [4.78, 5) is 16.5. The first kappa shape index (κ1) is 19.0. The van der Waals surface area contributed by atoms with Gasteiger partial charge in [0.2, 0.25) is 5.91 Å². The van der Waals surface area contributed by atoms with Crippen molar-refractivity contribution in [3.05, 3.63) is 64.8 Å². The first-order chi connectivity index (χ1) is 13.0. The molecule has 0 saturated heterocycles. The SMILES string of the molecule is Cc1cccc(OCCCC(=O)Nc2nc(-c3ccc(F)cc3)cs2)c1C. The molecule has 0 atom stereocenters. The van der Waals surface area contributed by atoms with Gasteiger partial charge < -0.3 is 10.1 Å². The van der Waals surface area contributed by atoms with Crippen LogP contribution in [0, 0.1) is 19.7 Å². The molecule has 0 bridgehead atoms. The molecule has 0 radical (unpaired) electrons. The van der Waals surface area contributed by atoms with Gasteiger partial charge in [0.05, 0.1) is 12.3 Å². The highest BCUT2D eigenvalue weighted by molar-refractivity contribution is 7.14. The Morgan fingerprint density at radius 2 is 1.96 bits per heavy atom. The van der Waals surface area contributed by atoms with Crippen LogP contribution in [-0.2, 0) is 4.79 Å². The molecule has 0 aliphatic heterocycles. The Morgan fingerprint density at radius 1 is 1.19 bits per heavy atom. The van der Waals surface area contributed by atoms with Crippen LogP contribution >= 0.6 is 11.3 Å². The lowest BCUT2D eigenvalue weighted by molar-refractivity contribution is -0.116. The fourth-order valence-corrected chi connectivity index (χ4v) is 3.30. The highest BCUT2D eigenvalue weighted by Gasteiger charge is 2.09. The molecule has 27 heavy (non-hydrogen) atoms. The van der Waals surface area contributed by atoms with Gasteiger partial charge in [-0.05, 0) is 61.7 Å². The summed E-state index contributed by atoms with van der Waals surface area (Å²) in [5, 5.41) is 5.18. The average molecular weight is 384 g/mol. The zero-order chi connectivity index (χ0) is 19.2. The lowest BCUT2D eigenvalue weighted by Gasteiger charge is -2.10. The van der Waals surface area contributed by atoms with Gasteiger partial charge in [0, 0.05) is 17.4 Å². The molecular formula is C21H21FN2O2S. The summed E-state index contributed by atoms with van der Waals surface area (Å²) in [5.41, 5.74) is 3.84. The summed E-state index contributed by atoms with van der Waals surface area (Å²) in [6, 6.07) is 12.1. The Hall–Kier alpha value is -2.73. The van der Waals surface area contributed by atoms with E-state index in [1.54, 1.807) is 12.1 Å². The Morgan fingerprint density at radius 3 is 2.74 bits per heavy atom. The monoisotopic (exact) mass is 384 g/mol. The number of carbonyl (C=O) groups is 1. The largest absolute Gasteiger partial charge is 0.493 e. The number of anilines is 1. The summed E-state index contributed by atoms with van der Waals surface area (Å²) in [5.74, 6) is 0.476. The fourth-order valence-electron chi connectivity index (χ4n) is 2.56. The molecular weight excluding hydrogens is 363 g/mol. The maximum atomic E-state index is 13.0. The molecule has 1 amide bonds. The number of hydrogen-bond donors (Lipinski definition) is 1. The minimum atomic E-state index is -0.286. The topological polar surface area (TPSA) is 51.2 Å². The number of aryl methyl sites for hydroxylation is 1. The molecule has 140 valence electrons. The third kappa shape index (κ3) is 5.14. The molecule has 2 aromatic carbocycles. The molecule has 1 N–H and O–H groups in total. The Kier molecular flexibility index (Phi) is 6.19. The van der Waals surface area contributed by atoms with Gasteiger partial charge in [0.15, 0.2) is 5.13 Å². The Labute approximate surface area is 162 Å². The van der Waals surface area contributed by atoms with E-state index in [2.05, 4.69) is 10.3 Å². The summed E-state index contributed by atoms with van der Waals surface area (Å²) < 4.78 is 18.8. The van der Waals surface area contributed by atoms with E-state index in [1.807, 2.05) is 37.4 Å². The average Bonchev–Trinajstić information content (AvgIpc) is 3.11. The van der Waals surface area contributed by atoms with Gasteiger partial charge in [-0.15, -0.1) is 11.3 Å². The van der Waals surface area contributed by atoms with Crippen LogP contribution < -0.4 is 10.1 Å². The van der Waals surface area contributed by atoms with Crippen molar-refractivity contribution >= 4 is 22.4 Å². The van der Waals surface area contributed by atoms with E-state index in [0.29, 0.717) is 30.3 Å². The van der Waals surface area contributed by atoms with E-state index in [0.717, 1.165) is 16.9 Å². The molecule has 4 nitrogen and oxygen atoms in total. The highest BCUT2D eigenvalue weighted by Crippen LogP contribution is 2.25. The van der Waals surface area contributed by atoms with Crippen molar-refractivity contribution in [3.63, 3.8) is 0 Å². The number of nitrogens with zero attached hydrogens (tertiary/aromatic N) is 1. The number of benzene rings is 2. The van der Waals surface area contributed by atoms with Crippen molar-refractivity contribution < 1.29 is 13.9 Å². The van der Waals surface area contributed by atoms with E-state index in [9.17, 15) is 9.18 Å². The molecule has 0 aliphatic rings. The van der Waals surface area contributed by atoms with Gasteiger partial charge in [0.25, 0.3) is 0 Å². The number of hydrogen-bond acceptors (Lipinski definition) is 4. The van der Waals surface area contributed by atoms with E-state index in [1.165, 1.54) is 29.0 Å². The Bertz CT molecular complexity index is 922. The van der Waals surface area contributed by atoms with Crippen molar-refractivity contribution in [3.8, 4) is 17.0 Å². The minimum Gasteiger partial charge on any atom is -0.493 e. The molecule has 0 fully saturated rings. The number of thiazole rings is 1. The molecule has 0 spiro atoms. The van der Waals surface area contributed by atoms with Crippen molar-refractivity contribution in [2.24, 2.45) is 0 Å². The third-order valence-electron chi connectivity index (χ3n) is 4.25. The zero-order valence-electron chi connectivity index (χ0n) is 15.3. The smallest absolute Gasteiger partial charge is 0.226 e. The molecule has 0 saturated carbocycles. The molecule has 3 rings (SSSR count). The van der Waals surface area contributed by atoms with Crippen molar-refractivity contribution in [2.75, 3.05) is 11.9 Å². The number of amides is 1. The van der Waals surface area contributed by atoms with E-state index >= 15 is 0 Å². The van der Waals surface area contributed by atoms with Gasteiger partial charge in [-0.1, -0.05) is 12.1 Å². The van der Waals surface area contributed by atoms with Crippen LogP contribution in [0.15, 0.2) is 47.8 Å². The normalized spacial score (nSPS) is 10.6. The second kappa shape index (κ2) is 8.77. The zero-order valence-corrected chi connectivity index (χ0v) is 16.1. The maximum absolute atomic E-state index is 13.0. The number of halogens is 1. The number of ether oxygens (including phenoxy) is 1. The molecule has 0 unspecified atom stereocenters. The molecule has 1 heterocycles. The van der Waals surface area contributed by atoms with Crippen molar-refractivity contribution in [1.29, 1.82) is 0 Å². The Balaban J connectivity index is 1.46. The first-order valence-corrected chi connectivity index (χ1v) is 9.61. The lowest BCUT2D eigenvalue weighted by Crippen LogP contribution is -2.12. The van der Waals surface area contributed by atoms with Crippen LogP contribution in [0.4, 0.5) is 9.52 Å². The van der Waals surface area contributed by atoms with Gasteiger partial charge in [-0.2, -0.15) is 0 Å². The number of nitrogens with one attached hydrogen (secondary N) is 1. The lowest BCUT2D eigenvalue weighted by atomic mass is 10.1. The van der Waals surface area contributed by atoms with Crippen molar-refractivity contribution in [1.82, 2.24) is 4.98 Å². The maximum Gasteiger partial charge on any atom is 0.226 e. The van der Waals surface area contributed by atoms with Crippen LogP contribution in [-0.4, -0.2) is 17.5 Å². The van der Waals surface area contributed by atoms with Gasteiger partial charge >= 0.3 is 0 Å². The van der Waals surface area contributed by atoms with Gasteiger partial charge in [0.1, 0.15) is 11.6 Å². The standard InChI is InChI=1S/C21H21FN2O2S/c1-14-5-3-6-19(15(14)2)26-12-4-7-20(25)24-21-23-18(13-27-21)16-8-10-17(22)11-9-16/h3,5-6,8-11,13H,4,7,12H2,1-2H3,(H,23,24,25). The molecule has 1 aromatic heterocycles. The quantitative estimate of drug-likeness (QED) is 0.558. The van der Waals surface area contributed by atoms with E-state index in [4.69, 9.17) is 4.74 Å². The van der Waals surface area contributed by atoms with Gasteiger partial charge in [-0.3, -0.25) is 4.79 Å². The first-order valence-electron chi connectivity index (χ1n) is 8.73. The summed E-state index contributed by atoms with van der Waals surface area (Å²) >= 11 is 1.35. The highest BCUT2D eigenvalue weighted by atomic mass is 32.1. The molecule has 6 heteroatoms. The third-order valence-corrected chi connectivity index (χ3v) is 5.01. The van der Waals surface area contributed by atoms with Crippen LogP contribution in [0.5, 0.6) is 5.75 Å². The summed E-state index contributed by atoms with van der Waals surface area (Å²) in [6.45, 7) is 4.55. The number of rotatable bonds is 7. The number of aromatic nitrogens is 1. The summed E-state index contributed by atoms with van der Waals surface area (Å²) in [6.07, 6.45) is 0.978. The predicted molar refractivity (Wildman–Crippen MR) is 107 cm³/mol. The molecule has 0 aliphatic carbocycles. The van der Waals surface area contributed by atoms with E-state index < -0.39 is 0 Å². The minimum absolute atomic E-state index is 0.0976. The second-order valence-corrected chi connectivity index (χ2v) is 7.10. The van der Waals surface area contributed by atoms with Crippen molar-refractivity contribution in [2.45, 2.75) is 26.7 Å².